The van der Waals surface area contributed by atoms with Gasteiger partial charge in [0.1, 0.15) is 0 Å². The Hall–Kier alpha value is -0.460. The molecule has 2 rings (SSSR count). The van der Waals surface area contributed by atoms with Crippen molar-refractivity contribution in [3.63, 3.8) is 0 Å². The molecule has 1 N–H and O–H groups in total. The van der Waals surface area contributed by atoms with E-state index in [1.54, 1.807) is 0 Å². The molecule has 0 aliphatic carbocycles. The van der Waals surface area contributed by atoms with Crippen LogP contribution in [0.15, 0.2) is 28.7 Å². The molecular formula is C15H23BrN2O2. The molecule has 1 atom stereocenters. The van der Waals surface area contributed by atoms with Gasteiger partial charge in [0, 0.05) is 37.2 Å². The molecule has 0 bridgehead atoms. The topological polar surface area (TPSA) is 35.9 Å². The lowest BCUT2D eigenvalue weighted by Crippen LogP contribution is -2.41. The average Bonchev–Trinajstić information content (AvgIpc) is 2.46. The highest BCUT2D eigenvalue weighted by Gasteiger charge is 2.14. The summed E-state index contributed by atoms with van der Waals surface area (Å²) in [6.45, 7) is 6.36. The predicted molar refractivity (Wildman–Crippen MR) is 83.9 cm³/mol. The molecule has 0 spiro atoms. The minimum atomic E-state index is -0.442. The molecule has 112 valence electrons. The Balaban J connectivity index is 1.74. The molecule has 1 fully saturated rings. The van der Waals surface area contributed by atoms with Crippen molar-refractivity contribution in [1.82, 2.24) is 9.80 Å². The zero-order valence-corrected chi connectivity index (χ0v) is 13.6. The van der Waals surface area contributed by atoms with Crippen LogP contribution in [0.3, 0.4) is 0 Å². The molecule has 1 aromatic rings. The quantitative estimate of drug-likeness (QED) is 0.854. The summed E-state index contributed by atoms with van der Waals surface area (Å²) in [6, 6.07) is 7.86. The fourth-order valence-corrected chi connectivity index (χ4v) is 2.76. The molecule has 1 unspecified atom stereocenters. The van der Waals surface area contributed by atoms with Gasteiger partial charge in [0.15, 0.2) is 0 Å². The molecule has 1 aliphatic rings. The van der Waals surface area contributed by atoms with Gasteiger partial charge in [-0.15, -0.1) is 0 Å². The number of nitrogens with zero attached hydrogens (tertiary/aromatic N) is 2. The number of halogens is 1. The predicted octanol–water partition coefficient (Wildman–Crippen LogP) is 1.75. The molecule has 20 heavy (non-hydrogen) atoms. The molecular weight excluding hydrogens is 320 g/mol. The largest absolute Gasteiger partial charge is 0.387 e. The molecule has 0 radical (unpaired) electrons. The number of ether oxygens (including phenoxy) is 1. The fraction of sp³-hybridized carbons (Fsp3) is 0.600. The van der Waals surface area contributed by atoms with Crippen LogP contribution in [0.5, 0.6) is 0 Å². The SMILES string of the molecule is CN(CCN1CCOCC1)CC(O)c1cccc(Br)c1. The molecule has 1 aliphatic heterocycles. The van der Waals surface area contributed by atoms with E-state index in [0.717, 1.165) is 49.4 Å². The third-order valence-corrected chi connectivity index (χ3v) is 4.11. The summed E-state index contributed by atoms with van der Waals surface area (Å²) in [4.78, 5) is 4.59. The Labute approximate surface area is 129 Å². The van der Waals surface area contributed by atoms with Gasteiger partial charge in [-0.3, -0.25) is 4.90 Å². The van der Waals surface area contributed by atoms with Crippen LogP contribution in [0.25, 0.3) is 0 Å². The Kier molecular flexibility index (Phi) is 6.45. The summed E-state index contributed by atoms with van der Waals surface area (Å²) in [5.74, 6) is 0. The standard InChI is InChI=1S/C15H23BrN2O2/c1-17(5-6-18-7-9-20-10-8-18)12-15(19)13-3-2-4-14(16)11-13/h2-4,11,15,19H,5-10,12H2,1H3. The first-order valence-corrected chi connectivity index (χ1v) is 7.86. The number of aliphatic hydroxyl groups excluding tert-OH is 1. The fourth-order valence-electron chi connectivity index (χ4n) is 2.34. The van der Waals surface area contributed by atoms with E-state index < -0.39 is 6.10 Å². The van der Waals surface area contributed by atoms with E-state index in [9.17, 15) is 5.11 Å². The molecule has 0 amide bonds. The Morgan fingerprint density at radius 1 is 1.40 bits per heavy atom. The van der Waals surface area contributed by atoms with Crippen LogP contribution < -0.4 is 0 Å². The molecule has 1 heterocycles. The van der Waals surface area contributed by atoms with Crippen molar-refractivity contribution in [2.75, 3.05) is 53.0 Å². The van der Waals surface area contributed by atoms with Gasteiger partial charge in [-0.25, -0.2) is 0 Å². The third-order valence-electron chi connectivity index (χ3n) is 3.62. The van der Waals surface area contributed by atoms with E-state index in [1.165, 1.54) is 0 Å². The van der Waals surface area contributed by atoms with Crippen molar-refractivity contribution >= 4 is 15.9 Å². The minimum absolute atomic E-state index is 0.442. The van der Waals surface area contributed by atoms with Gasteiger partial charge in [-0.05, 0) is 24.7 Å². The first-order chi connectivity index (χ1) is 9.65. The highest BCUT2D eigenvalue weighted by molar-refractivity contribution is 9.10. The Morgan fingerprint density at radius 2 is 2.15 bits per heavy atom. The van der Waals surface area contributed by atoms with Crippen LogP contribution in [0.1, 0.15) is 11.7 Å². The van der Waals surface area contributed by atoms with E-state index >= 15 is 0 Å². The summed E-state index contributed by atoms with van der Waals surface area (Å²) >= 11 is 3.44. The van der Waals surface area contributed by atoms with Crippen LogP contribution in [0.2, 0.25) is 0 Å². The molecule has 0 saturated carbocycles. The third kappa shape index (κ3) is 5.14. The molecule has 1 aromatic carbocycles. The second kappa shape index (κ2) is 8.10. The van der Waals surface area contributed by atoms with E-state index in [2.05, 4.69) is 32.8 Å². The normalized spacial score (nSPS) is 18.4. The Morgan fingerprint density at radius 3 is 2.85 bits per heavy atom. The van der Waals surface area contributed by atoms with E-state index in [4.69, 9.17) is 4.74 Å². The lowest BCUT2D eigenvalue weighted by atomic mass is 10.1. The highest BCUT2D eigenvalue weighted by atomic mass is 79.9. The summed E-state index contributed by atoms with van der Waals surface area (Å²) in [5.41, 5.74) is 0.956. The maximum atomic E-state index is 10.3. The minimum Gasteiger partial charge on any atom is -0.387 e. The van der Waals surface area contributed by atoms with Crippen molar-refractivity contribution < 1.29 is 9.84 Å². The van der Waals surface area contributed by atoms with Gasteiger partial charge in [0.05, 0.1) is 19.3 Å². The van der Waals surface area contributed by atoms with Gasteiger partial charge < -0.3 is 14.7 Å². The molecule has 1 saturated heterocycles. The number of hydrogen-bond donors (Lipinski definition) is 1. The lowest BCUT2D eigenvalue weighted by molar-refractivity contribution is 0.0320. The van der Waals surface area contributed by atoms with Crippen molar-refractivity contribution in [2.24, 2.45) is 0 Å². The van der Waals surface area contributed by atoms with Gasteiger partial charge in [-0.1, -0.05) is 28.1 Å². The summed E-state index contributed by atoms with van der Waals surface area (Å²) < 4.78 is 6.35. The van der Waals surface area contributed by atoms with Gasteiger partial charge in [0.2, 0.25) is 0 Å². The van der Waals surface area contributed by atoms with Gasteiger partial charge in [0.25, 0.3) is 0 Å². The monoisotopic (exact) mass is 342 g/mol. The average molecular weight is 343 g/mol. The summed E-state index contributed by atoms with van der Waals surface area (Å²) in [5, 5.41) is 10.3. The molecule has 0 aromatic heterocycles. The van der Waals surface area contributed by atoms with Crippen LogP contribution in [0, 0.1) is 0 Å². The van der Waals surface area contributed by atoms with Crippen molar-refractivity contribution in [2.45, 2.75) is 6.10 Å². The van der Waals surface area contributed by atoms with Crippen molar-refractivity contribution in [1.29, 1.82) is 0 Å². The van der Waals surface area contributed by atoms with Crippen molar-refractivity contribution in [3.8, 4) is 0 Å². The maximum Gasteiger partial charge on any atom is 0.0917 e. The second-order valence-electron chi connectivity index (χ2n) is 5.29. The van der Waals surface area contributed by atoms with Crippen LogP contribution in [-0.2, 0) is 4.74 Å². The summed E-state index contributed by atoms with van der Waals surface area (Å²) in [7, 11) is 2.06. The number of hydrogen-bond acceptors (Lipinski definition) is 4. The zero-order chi connectivity index (χ0) is 14.4. The molecule has 4 nitrogen and oxygen atoms in total. The van der Waals surface area contributed by atoms with Crippen LogP contribution >= 0.6 is 15.9 Å². The number of likely N-dealkylation sites (N-methyl/N-ethyl adjacent to an activating group) is 1. The van der Waals surface area contributed by atoms with Crippen molar-refractivity contribution in [3.05, 3.63) is 34.3 Å². The number of morpholine rings is 1. The summed E-state index contributed by atoms with van der Waals surface area (Å²) in [6.07, 6.45) is -0.442. The van der Waals surface area contributed by atoms with E-state index in [1.807, 2.05) is 24.3 Å². The van der Waals surface area contributed by atoms with E-state index in [-0.39, 0.29) is 0 Å². The van der Waals surface area contributed by atoms with E-state index in [0.29, 0.717) is 6.54 Å². The zero-order valence-electron chi connectivity index (χ0n) is 12.0. The van der Waals surface area contributed by atoms with Gasteiger partial charge in [-0.2, -0.15) is 0 Å². The van der Waals surface area contributed by atoms with Crippen LogP contribution in [-0.4, -0.2) is 67.9 Å². The second-order valence-corrected chi connectivity index (χ2v) is 6.20. The number of aliphatic hydroxyl groups is 1. The lowest BCUT2D eigenvalue weighted by Gasteiger charge is -2.29. The highest BCUT2D eigenvalue weighted by Crippen LogP contribution is 2.18. The maximum absolute atomic E-state index is 10.3. The first-order valence-electron chi connectivity index (χ1n) is 7.07. The van der Waals surface area contributed by atoms with Gasteiger partial charge >= 0.3 is 0 Å². The number of rotatable bonds is 6. The first kappa shape index (κ1) is 15.9. The smallest absolute Gasteiger partial charge is 0.0917 e. The number of benzene rings is 1. The Bertz CT molecular complexity index is 411. The van der Waals surface area contributed by atoms with Crippen LogP contribution in [0.4, 0.5) is 0 Å². The molecule has 5 heteroatoms.